The number of halogens is 2. The average molecular weight is 235 g/mol. The van der Waals surface area contributed by atoms with Crippen LogP contribution in [0.4, 0.5) is 8.78 Å². The molecule has 0 aromatic carbocycles. The minimum Gasteiger partial charge on any atom is -0.459 e. The van der Waals surface area contributed by atoms with Gasteiger partial charge in [0.2, 0.25) is 0 Å². The van der Waals surface area contributed by atoms with E-state index in [0.717, 1.165) is 0 Å². The van der Waals surface area contributed by atoms with E-state index in [2.05, 4.69) is 5.32 Å². The summed E-state index contributed by atoms with van der Waals surface area (Å²) in [4.78, 5) is 11.8. The van der Waals surface area contributed by atoms with Gasteiger partial charge in [-0.05, 0) is 40.7 Å². The predicted octanol–water partition coefficient (Wildman–Crippen LogP) is 1.96. The van der Waals surface area contributed by atoms with Gasteiger partial charge < -0.3 is 10.1 Å². The number of carbonyl (C=O) groups excluding carboxylic acids is 1. The number of hydrogen-bond donors (Lipinski definition) is 1. The van der Waals surface area contributed by atoms with E-state index in [4.69, 9.17) is 4.74 Å². The van der Waals surface area contributed by atoms with E-state index in [1.54, 1.807) is 20.8 Å². The number of hydrogen-bond acceptors (Lipinski definition) is 3. The van der Waals surface area contributed by atoms with Crippen molar-refractivity contribution in [2.45, 2.75) is 45.6 Å². The van der Waals surface area contributed by atoms with Crippen molar-refractivity contribution in [3.63, 3.8) is 0 Å². The van der Waals surface area contributed by atoms with Gasteiger partial charge in [-0.15, -0.1) is 0 Å². The fourth-order valence-corrected chi connectivity index (χ4v) is 1.60. The zero-order chi connectivity index (χ0) is 12.6. The van der Waals surface area contributed by atoms with E-state index in [9.17, 15) is 13.6 Å². The molecule has 1 unspecified atom stereocenters. The number of esters is 1. The van der Waals surface area contributed by atoms with E-state index < -0.39 is 29.5 Å². The van der Waals surface area contributed by atoms with Crippen molar-refractivity contribution in [1.82, 2.24) is 5.32 Å². The van der Waals surface area contributed by atoms with E-state index in [1.807, 2.05) is 0 Å². The fraction of sp³-hybridized carbons (Fsp3) is 0.909. The number of ether oxygens (including phenoxy) is 1. The Morgan fingerprint density at radius 2 is 1.94 bits per heavy atom. The molecular weight excluding hydrogens is 216 g/mol. The summed E-state index contributed by atoms with van der Waals surface area (Å²) in [7, 11) is 0. The maximum absolute atomic E-state index is 13.7. The average Bonchev–Trinajstić information content (AvgIpc) is 2.07. The highest BCUT2D eigenvalue weighted by atomic mass is 19.3. The quantitative estimate of drug-likeness (QED) is 0.706. The summed E-state index contributed by atoms with van der Waals surface area (Å²) in [6, 6.07) is 0. The number of rotatable bonds is 1. The van der Waals surface area contributed by atoms with Crippen molar-refractivity contribution in [3.8, 4) is 0 Å². The summed E-state index contributed by atoms with van der Waals surface area (Å²) < 4.78 is 32.5. The third kappa shape index (κ3) is 2.51. The van der Waals surface area contributed by atoms with Gasteiger partial charge in [0.15, 0.2) is 0 Å². The van der Waals surface area contributed by atoms with Gasteiger partial charge in [-0.3, -0.25) is 4.79 Å². The highest BCUT2D eigenvalue weighted by molar-refractivity contribution is 5.78. The molecule has 1 fully saturated rings. The molecule has 1 N–H and O–H groups in total. The van der Waals surface area contributed by atoms with E-state index in [0.29, 0.717) is 6.54 Å². The minimum absolute atomic E-state index is 0.0922. The van der Waals surface area contributed by atoms with Crippen LogP contribution in [-0.4, -0.2) is 30.6 Å². The molecule has 0 aromatic heterocycles. The van der Waals surface area contributed by atoms with Crippen molar-refractivity contribution in [2.75, 3.05) is 13.1 Å². The Hall–Kier alpha value is -0.710. The summed E-state index contributed by atoms with van der Waals surface area (Å²) in [5.41, 5.74) is -2.45. The fourth-order valence-electron chi connectivity index (χ4n) is 1.60. The molecule has 1 aliphatic heterocycles. The molecule has 5 heteroatoms. The van der Waals surface area contributed by atoms with Crippen molar-refractivity contribution in [2.24, 2.45) is 5.41 Å². The van der Waals surface area contributed by atoms with Crippen LogP contribution in [0.15, 0.2) is 0 Å². The summed E-state index contributed by atoms with van der Waals surface area (Å²) in [5, 5.41) is 2.59. The van der Waals surface area contributed by atoms with Gasteiger partial charge in [0.05, 0.1) is 6.54 Å². The number of nitrogens with one attached hydrogen (secondary N) is 1. The standard InChI is InChI=1S/C11H19F2NO2/c1-9(2,3)16-8(15)10(4)5-6-14-7-11(10,12)13/h14H,5-7H2,1-4H3. The normalized spacial score (nSPS) is 29.9. The van der Waals surface area contributed by atoms with Crippen molar-refractivity contribution in [1.29, 1.82) is 0 Å². The van der Waals surface area contributed by atoms with E-state index in [1.165, 1.54) is 6.92 Å². The van der Waals surface area contributed by atoms with Crippen molar-refractivity contribution in [3.05, 3.63) is 0 Å². The smallest absolute Gasteiger partial charge is 0.318 e. The molecule has 1 rings (SSSR count). The molecule has 0 amide bonds. The van der Waals surface area contributed by atoms with Crippen molar-refractivity contribution < 1.29 is 18.3 Å². The van der Waals surface area contributed by atoms with Crippen LogP contribution in [-0.2, 0) is 9.53 Å². The molecule has 94 valence electrons. The second-order valence-electron chi connectivity index (χ2n) is 5.47. The zero-order valence-electron chi connectivity index (χ0n) is 10.2. The number of carbonyl (C=O) groups is 1. The maximum Gasteiger partial charge on any atom is 0.318 e. The molecule has 3 nitrogen and oxygen atoms in total. The first-order valence-electron chi connectivity index (χ1n) is 5.40. The highest BCUT2D eigenvalue weighted by Gasteiger charge is 2.58. The predicted molar refractivity (Wildman–Crippen MR) is 56.4 cm³/mol. The van der Waals surface area contributed by atoms with Crippen LogP contribution in [0.1, 0.15) is 34.1 Å². The molecule has 16 heavy (non-hydrogen) atoms. The molecule has 0 aliphatic carbocycles. The molecule has 0 spiro atoms. The Morgan fingerprint density at radius 3 is 2.38 bits per heavy atom. The van der Waals surface area contributed by atoms with E-state index in [-0.39, 0.29) is 6.42 Å². The number of piperidine rings is 1. The monoisotopic (exact) mass is 235 g/mol. The lowest BCUT2D eigenvalue weighted by Crippen LogP contribution is -2.57. The van der Waals surface area contributed by atoms with Gasteiger partial charge >= 0.3 is 5.97 Å². The maximum atomic E-state index is 13.7. The van der Waals surface area contributed by atoms with Gasteiger partial charge in [0.25, 0.3) is 5.92 Å². The van der Waals surface area contributed by atoms with Gasteiger partial charge in [0.1, 0.15) is 11.0 Å². The molecule has 0 bridgehead atoms. The largest absolute Gasteiger partial charge is 0.459 e. The van der Waals surface area contributed by atoms with Gasteiger partial charge in [-0.25, -0.2) is 8.78 Å². The Morgan fingerprint density at radius 1 is 1.38 bits per heavy atom. The van der Waals surface area contributed by atoms with Crippen LogP contribution in [0.25, 0.3) is 0 Å². The molecule has 0 radical (unpaired) electrons. The molecule has 1 aliphatic rings. The van der Waals surface area contributed by atoms with Gasteiger partial charge in [-0.2, -0.15) is 0 Å². The Kier molecular flexibility index (Phi) is 3.29. The second-order valence-corrected chi connectivity index (χ2v) is 5.47. The van der Waals surface area contributed by atoms with Crippen LogP contribution in [0, 0.1) is 5.41 Å². The van der Waals surface area contributed by atoms with Crippen LogP contribution >= 0.6 is 0 Å². The third-order valence-corrected chi connectivity index (χ3v) is 2.81. The molecule has 1 saturated heterocycles. The van der Waals surface area contributed by atoms with E-state index >= 15 is 0 Å². The SMILES string of the molecule is CC(C)(C)OC(=O)C1(C)CCNCC1(F)F. The van der Waals surface area contributed by atoms with Crippen molar-refractivity contribution >= 4 is 5.97 Å². The molecule has 0 aromatic rings. The molecule has 1 heterocycles. The first kappa shape index (κ1) is 13.4. The van der Waals surface area contributed by atoms with Crippen LogP contribution < -0.4 is 5.32 Å². The first-order valence-corrected chi connectivity index (χ1v) is 5.40. The van der Waals surface area contributed by atoms with Crippen LogP contribution in [0.2, 0.25) is 0 Å². The van der Waals surface area contributed by atoms with Gasteiger partial charge in [0, 0.05) is 0 Å². The second kappa shape index (κ2) is 3.95. The molecule has 0 saturated carbocycles. The van der Waals surface area contributed by atoms with Crippen LogP contribution in [0.5, 0.6) is 0 Å². The zero-order valence-corrected chi connectivity index (χ0v) is 10.2. The summed E-state index contributed by atoms with van der Waals surface area (Å²) in [6.45, 7) is 6.24. The minimum atomic E-state index is -3.06. The summed E-state index contributed by atoms with van der Waals surface area (Å²) >= 11 is 0. The Balaban J connectivity index is 2.86. The topological polar surface area (TPSA) is 38.3 Å². The molecular formula is C11H19F2NO2. The Bertz CT molecular complexity index is 286. The third-order valence-electron chi connectivity index (χ3n) is 2.81. The molecule has 1 atom stereocenters. The first-order chi connectivity index (χ1) is 7.08. The highest BCUT2D eigenvalue weighted by Crippen LogP contribution is 2.42. The summed E-state index contributed by atoms with van der Waals surface area (Å²) in [6.07, 6.45) is 0.0922. The number of alkyl halides is 2. The summed E-state index contributed by atoms with van der Waals surface area (Å²) in [5.74, 6) is -3.88. The Labute approximate surface area is 94.5 Å². The van der Waals surface area contributed by atoms with Crippen LogP contribution in [0.3, 0.4) is 0 Å². The lowest BCUT2D eigenvalue weighted by atomic mass is 9.77. The van der Waals surface area contributed by atoms with Gasteiger partial charge in [-0.1, -0.05) is 0 Å². The lowest BCUT2D eigenvalue weighted by molar-refractivity contribution is -0.197. The lowest BCUT2D eigenvalue weighted by Gasteiger charge is -2.40.